The van der Waals surface area contributed by atoms with Crippen molar-refractivity contribution < 1.29 is 9.90 Å². The van der Waals surface area contributed by atoms with Crippen molar-refractivity contribution >= 4 is 21.8 Å². The largest absolute Gasteiger partial charge is 0.387 e. The summed E-state index contributed by atoms with van der Waals surface area (Å²) in [5, 5.41) is 12.9. The van der Waals surface area contributed by atoms with Gasteiger partial charge in [-0.15, -0.1) is 0 Å². The number of carbonyl (C=O) groups is 1. The van der Waals surface area contributed by atoms with Crippen LogP contribution in [0.1, 0.15) is 22.8 Å². The molecule has 0 bridgehead atoms. The highest BCUT2D eigenvalue weighted by Crippen LogP contribution is 2.16. The van der Waals surface area contributed by atoms with Crippen molar-refractivity contribution in [2.45, 2.75) is 19.4 Å². The number of halogens is 1. The van der Waals surface area contributed by atoms with Crippen LogP contribution in [0.3, 0.4) is 0 Å². The van der Waals surface area contributed by atoms with Crippen LogP contribution >= 0.6 is 15.9 Å². The van der Waals surface area contributed by atoms with E-state index in [1.54, 1.807) is 13.0 Å². The second-order valence-corrected chi connectivity index (χ2v) is 6.29. The van der Waals surface area contributed by atoms with Crippen LogP contribution in [0.4, 0.5) is 0 Å². The van der Waals surface area contributed by atoms with E-state index >= 15 is 0 Å². The first-order valence-corrected chi connectivity index (χ1v) is 6.92. The summed E-state index contributed by atoms with van der Waals surface area (Å²) in [6, 6.07) is 5.57. The summed E-state index contributed by atoms with van der Waals surface area (Å²) in [5.41, 5.74) is 0.585. The zero-order valence-electron chi connectivity index (χ0n) is 11.8. The Bertz CT molecular complexity index is 459. The van der Waals surface area contributed by atoms with E-state index in [2.05, 4.69) is 21.2 Å². The van der Waals surface area contributed by atoms with Crippen molar-refractivity contribution in [3.63, 3.8) is 0 Å². The fourth-order valence-corrected chi connectivity index (χ4v) is 2.30. The number of hydrogen-bond donors (Lipinski definition) is 2. The predicted octanol–water partition coefficient (Wildman–Crippen LogP) is 1.80. The third kappa shape index (κ3) is 5.30. The van der Waals surface area contributed by atoms with Crippen LogP contribution < -0.4 is 5.32 Å². The third-order valence-corrected chi connectivity index (χ3v) is 3.22. The summed E-state index contributed by atoms with van der Waals surface area (Å²) in [5.74, 6) is -0.169. The number of likely N-dealkylation sites (N-methyl/N-ethyl adjacent to an activating group) is 1. The number of carbonyl (C=O) groups excluding carboxylic acids is 1. The Balaban J connectivity index is 2.68. The Hall–Kier alpha value is -0.910. The molecule has 0 heterocycles. The molecule has 2 N–H and O–H groups in total. The van der Waals surface area contributed by atoms with Crippen molar-refractivity contribution in [2.75, 3.05) is 27.2 Å². The highest BCUT2D eigenvalue weighted by atomic mass is 79.9. The van der Waals surface area contributed by atoms with Gasteiger partial charge in [0.05, 0.1) is 5.60 Å². The molecular formula is C14H21BrN2O2. The number of aryl methyl sites for hydroxylation is 1. The summed E-state index contributed by atoms with van der Waals surface area (Å²) < 4.78 is 0.864. The first-order valence-electron chi connectivity index (χ1n) is 6.13. The van der Waals surface area contributed by atoms with Crippen molar-refractivity contribution in [3.8, 4) is 0 Å². The molecule has 0 aliphatic heterocycles. The Morgan fingerprint density at radius 2 is 2.11 bits per heavy atom. The SMILES string of the molecule is Cc1ccc(Br)cc1C(=O)NCC(C)(O)CN(C)C. The Morgan fingerprint density at radius 3 is 2.68 bits per heavy atom. The number of amides is 1. The smallest absolute Gasteiger partial charge is 0.251 e. The average molecular weight is 329 g/mol. The van der Waals surface area contributed by atoms with Gasteiger partial charge in [-0.25, -0.2) is 0 Å². The summed E-state index contributed by atoms with van der Waals surface area (Å²) in [4.78, 5) is 14.0. The molecule has 0 radical (unpaired) electrons. The monoisotopic (exact) mass is 328 g/mol. The predicted molar refractivity (Wildman–Crippen MR) is 80.4 cm³/mol. The molecule has 0 saturated carbocycles. The molecule has 5 heteroatoms. The van der Waals surface area contributed by atoms with E-state index in [0.717, 1.165) is 10.0 Å². The maximum absolute atomic E-state index is 12.1. The Morgan fingerprint density at radius 1 is 1.47 bits per heavy atom. The third-order valence-electron chi connectivity index (χ3n) is 2.73. The zero-order valence-corrected chi connectivity index (χ0v) is 13.4. The molecule has 1 aromatic rings. The van der Waals surface area contributed by atoms with Gasteiger partial charge in [-0.2, -0.15) is 0 Å². The molecule has 1 atom stereocenters. The van der Waals surface area contributed by atoms with Gasteiger partial charge in [0.2, 0.25) is 0 Å². The second-order valence-electron chi connectivity index (χ2n) is 5.38. The fourth-order valence-electron chi connectivity index (χ4n) is 1.94. The summed E-state index contributed by atoms with van der Waals surface area (Å²) >= 11 is 3.35. The van der Waals surface area contributed by atoms with Crippen molar-refractivity contribution in [3.05, 3.63) is 33.8 Å². The molecule has 0 aliphatic carbocycles. The van der Waals surface area contributed by atoms with Gasteiger partial charge >= 0.3 is 0 Å². The molecule has 0 fully saturated rings. The lowest BCUT2D eigenvalue weighted by Gasteiger charge is -2.27. The quantitative estimate of drug-likeness (QED) is 0.866. The maximum atomic E-state index is 12.1. The summed E-state index contributed by atoms with van der Waals surface area (Å²) in [7, 11) is 3.77. The topological polar surface area (TPSA) is 52.6 Å². The summed E-state index contributed by atoms with van der Waals surface area (Å²) in [6.45, 7) is 4.31. The molecule has 0 saturated heterocycles. The lowest BCUT2D eigenvalue weighted by atomic mass is 10.1. The van der Waals surface area contributed by atoms with Gasteiger partial charge in [-0.1, -0.05) is 22.0 Å². The number of benzene rings is 1. The molecule has 1 unspecified atom stereocenters. The minimum absolute atomic E-state index is 0.169. The average Bonchev–Trinajstić information content (AvgIpc) is 2.27. The van der Waals surface area contributed by atoms with Crippen LogP contribution in [-0.4, -0.2) is 48.7 Å². The van der Waals surface area contributed by atoms with Crippen LogP contribution in [0.25, 0.3) is 0 Å². The minimum atomic E-state index is -0.945. The number of rotatable bonds is 5. The van der Waals surface area contributed by atoms with E-state index in [-0.39, 0.29) is 12.5 Å². The zero-order chi connectivity index (χ0) is 14.6. The minimum Gasteiger partial charge on any atom is -0.387 e. The number of hydrogen-bond acceptors (Lipinski definition) is 3. The first kappa shape index (κ1) is 16.1. The van der Waals surface area contributed by atoms with Crippen LogP contribution in [0.15, 0.2) is 22.7 Å². The Labute approximate surface area is 122 Å². The van der Waals surface area contributed by atoms with E-state index < -0.39 is 5.60 Å². The molecule has 1 rings (SSSR count). The lowest BCUT2D eigenvalue weighted by Crippen LogP contribution is -2.47. The van der Waals surface area contributed by atoms with Crippen molar-refractivity contribution in [1.29, 1.82) is 0 Å². The molecular weight excluding hydrogens is 308 g/mol. The first-order chi connectivity index (χ1) is 8.71. The van der Waals surface area contributed by atoms with E-state index in [4.69, 9.17) is 0 Å². The van der Waals surface area contributed by atoms with E-state index in [0.29, 0.717) is 12.1 Å². The number of aliphatic hydroxyl groups is 1. The molecule has 1 aromatic carbocycles. The van der Waals surface area contributed by atoms with Crippen LogP contribution in [0.5, 0.6) is 0 Å². The molecule has 106 valence electrons. The van der Waals surface area contributed by atoms with E-state index in [9.17, 15) is 9.90 Å². The van der Waals surface area contributed by atoms with Crippen LogP contribution in [-0.2, 0) is 0 Å². The van der Waals surface area contributed by atoms with E-state index in [1.165, 1.54) is 0 Å². The molecule has 0 aliphatic rings. The number of nitrogens with one attached hydrogen (secondary N) is 1. The Kier molecular flexibility index (Phi) is 5.52. The van der Waals surface area contributed by atoms with Gasteiger partial charge in [0.1, 0.15) is 0 Å². The maximum Gasteiger partial charge on any atom is 0.251 e. The van der Waals surface area contributed by atoms with Gasteiger partial charge < -0.3 is 15.3 Å². The standard InChI is InChI=1S/C14H21BrN2O2/c1-10-5-6-11(15)7-12(10)13(18)16-8-14(2,19)9-17(3)4/h5-7,19H,8-9H2,1-4H3,(H,16,18). The second kappa shape index (κ2) is 6.50. The molecule has 1 amide bonds. The summed E-state index contributed by atoms with van der Waals surface area (Å²) in [6.07, 6.45) is 0. The highest BCUT2D eigenvalue weighted by molar-refractivity contribution is 9.10. The van der Waals surface area contributed by atoms with Crippen LogP contribution in [0.2, 0.25) is 0 Å². The number of nitrogens with zero attached hydrogens (tertiary/aromatic N) is 1. The molecule has 4 nitrogen and oxygen atoms in total. The molecule has 0 spiro atoms. The lowest BCUT2D eigenvalue weighted by molar-refractivity contribution is 0.0326. The van der Waals surface area contributed by atoms with E-state index in [1.807, 2.05) is 38.1 Å². The fraction of sp³-hybridized carbons (Fsp3) is 0.500. The molecule has 0 aromatic heterocycles. The molecule has 19 heavy (non-hydrogen) atoms. The van der Waals surface area contributed by atoms with Gasteiger partial charge in [0.25, 0.3) is 5.91 Å². The van der Waals surface area contributed by atoms with Gasteiger partial charge in [0, 0.05) is 23.1 Å². The van der Waals surface area contributed by atoms with Gasteiger partial charge in [-0.3, -0.25) is 4.79 Å². The van der Waals surface area contributed by atoms with Gasteiger partial charge in [-0.05, 0) is 45.6 Å². The highest BCUT2D eigenvalue weighted by Gasteiger charge is 2.22. The van der Waals surface area contributed by atoms with Crippen molar-refractivity contribution in [1.82, 2.24) is 10.2 Å². The van der Waals surface area contributed by atoms with Crippen LogP contribution in [0, 0.1) is 6.92 Å². The van der Waals surface area contributed by atoms with Crippen molar-refractivity contribution in [2.24, 2.45) is 0 Å². The van der Waals surface area contributed by atoms with Gasteiger partial charge in [0.15, 0.2) is 0 Å². The normalized spacial score (nSPS) is 14.3.